The highest BCUT2D eigenvalue weighted by Gasteiger charge is 2.28. The standard InChI is InChI=1S/C11H14N2O3S/c12-9-3-1-8(2-4-9)11(14)13-10-5-6-17(15,16)7-10/h1-4,10H,5-7,12H2,(H,13,14)/t10-/m1/s1. The molecule has 0 aromatic heterocycles. The molecule has 1 atom stereocenters. The third kappa shape index (κ3) is 2.97. The van der Waals surface area contributed by atoms with E-state index in [1.54, 1.807) is 24.3 Å². The number of rotatable bonds is 2. The highest BCUT2D eigenvalue weighted by atomic mass is 32.2. The summed E-state index contributed by atoms with van der Waals surface area (Å²) in [5.41, 5.74) is 6.59. The van der Waals surface area contributed by atoms with Crippen LogP contribution < -0.4 is 11.1 Å². The van der Waals surface area contributed by atoms with E-state index in [9.17, 15) is 13.2 Å². The van der Waals surface area contributed by atoms with Crippen molar-refractivity contribution in [2.45, 2.75) is 12.5 Å². The first kappa shape index (κ1) is 11.9. The molecule has 1 aromatic rings. The van der Waals surface area contributed by atoms with Crippen LogP contribution in [0.1, 0.15) is 16.8 Å². The average Bonchev–Trinajstić information content (AvgIpc) is 2.59. The molecule has 3 N–H and O–H groups in total. The van der Waals surface area contributed by atoms with E-state index in [4.69, 9.17) is 5.73 Å². The van der Waals surface area contributed by atoms with Crippen LogP contribution in [0.2, 0.25) is 0 Å². The largest absolute Gasteiger partial charge is 0.399 e. The number of hydrogen-bond acceptors (Lipinski definition) is 4. The van der Waals surface area contributed by atoms with E-state index < -0.39 is 9.84 Å². The van der Waals surface area contributed by atoms with Gasteiger partial charge in [0.25, 0.3) is 5.91 Å². The number of benzene rings is 1. The number of hydrogen-bond donors (Lipinski definition) is 2. The lowest BCUT2D eigenvalue weighted by atomic mass is 10.1. The SMILES string of the molecule is Nc1ccc(C(=O)N[C@@H]2CCS(=O)(=O)C2)cc1. The molecule has 1 aromatic carbocycles. The fourth-order valence-electron chi connectivity index (χ4n) is 1.81. The highest BCUT2D eigenvalue weighted by Crippen LogP contribution is 2.12. The molecular weight excluding hydrogens is 240 g/mol. The zero-order valence-corrected chi connectivity index (χ0v) is 10.0. The maximum Gasteiger partial charge on any atom is 0.251 e. The van der Waals surface area contributed by atoms with Crippen LogP contribution >= 0.6 is 0 Å². The maximum absolute atomic E-state index is 11.8. The second kappa shape index (κ2) is 4.37. The van der Waals surface area contributed by atoms with Gasteiger partial charge in [-0.3, -0.25) is 4.79 Å². The summed E-state index contributed by atoms with van der Waals surface area (Å²) in [7, 11) is -2.96. The molecule has 1 saturated heterocycles. The molecule has 5 nitrogen and oxygen atoms in total. The van der Waals surface area contributed by atoms with Crippen LogP contribution in [0, 0.1) is 0 Å². The quantitative estimate of drug-likeness (QED) is 0.737. The number of nitrogens with one attached hydrogen (secondary N) is 1. The van der Waals surface area contributed by atoms with Crippen LogP contribution in [0.5, 0.6) is 0 Å². The Morgan fingerprint density at radius 2 is 1.94 bits per heavy atom. The van der Waals surface area contributed by atoms with E-state index in [1.165, 1.54) is 0 Å². The molecule has 17 heavy (non-hydrogen) atoms. The van der Waals surface area contributed by atoms with Crippen molar-refractivity contribution in [2.24, 2.45) is 0 Å². The smallest absolute Gasteiger partial charge is 0.251 e. The Kier molecular flexibility index (Phi) is 3.06. The zero-order chi connectivity index (χ0) is 12.5. The van der Waals surface area contributed by atoms with Crippen molar-refractivity contribution >= 4 is 21.4 Å². The number of nitrogen functional groups attached to an aromatic ring is 1. The van der Waals surface area contributed by atoms with Crippen LogP contribution in [0.25, 0.3) is 0 Å². The Morgan fingerprint density at radius 3 is 2.47 bits per heavy atom. The van der Waals surface area contributed by atoms with Crippen LogP contribution in [0.4, 0.5) is 5.69 Å². The van der Waals surface area contributed by atoms with Crippen molar-refractivity contribution in [3.8, 4) is 0 Å². The fraction of sp³-hybridized carbons (Fsp3) is 0.364. The van der Waals surface area contributed by atoms with E-state index in [2.05, 4.69) is 5.32 Å². The number of amides is 1. The third-order valence-corrected chi connectivity index (χ3v) is 4.51. The van der Waals surface area contributed by atoms with Gasteiger partial charge in [-0.05, 0) is 30.7 Å². The second-order valence-electron chi connectivity index (χ2n) is 4.20. The van der Waals surface area contributed by atoms with Crippen LogP contribution in [0.15, 0.2) is 24.3 Å². The topological polar surface area (TPSA) is 89.3 Å². The normalized spacial score (nSPS) is 22.2. The van der Waals surface area contributed by atoms with Crippen LogP contribution in [0.3, 0.4) is 0 Å². The van der Waals surface area contributed by atoms with Gasteiger partial charge in [-0.15, -0.1) is 0 Å². The molecule has 1 aliphatic heterocycles. The molecule has 92 valence electrons. The molecule has 0 unspecified atom stereocenters. The van der Waals surface area contributed by atoms with Crippen molar-refractivity contribution in [3.05, 3.63) is 29.8 Å². The molecule has 1 heterocycles. The summed E-state index contributed by atoms with van der Waals surface area (Å²) in [5, 5.41) is 2.71. The van der Waals surface area contributed by atoms with E-state index in [0.29, 0.717) is 17.7 Å². The van der Waals surface area contributed by atoms with Gasteiger partial charge in [0.15, 0.2) is 9.84 Å². The maximum atomic E-state index is 11.8. The average molecular weight is 254 g/mol. The van der Waals surface area contributed by atoms with Gasteiger partial charge in [-0.25, -0.2) is 8.42 Å². The number of anilines is 1. The summed E-state index contributed by atoms with van der Waals surface area (Å²) in [5.74, 6) is -0.0694. The van der Waals surface area contributed by atoms with Gasteiger partial charge < -0.3 is 11.1 Å². The lowest BCUT2D eigenvalue weighted by Crippen LogP contribution is -2.35. The highest BCUT2D eigenvalue weighted by molar-refractivity contribution is 7.91. The third-order valence-electron chi connectivity index (χ3n) is 2.74. The van der Waals surface area contributed by atoms with Gasteiger partial charge in [-0.1, -0.05) is 0 Å². The molecule has 1 fully saturated rings. The summed E-state index contributed by atoms with van der Waals surface area (Å²) in [4.78, 5) is 11.8. The minimum atomic E-state index is -2.96. The molecule has 0 radical (unpaired) electrons. The van der Waals surface area contributed by atoms with Crippen molar-refractivity contribution in [1.82, 2.24) is 5.32 Å². The lowest BCUT2D eigenvalue weighted by Gasteiger charge is -2.10. The minimum absolute atomic E-state index is 0.0354. The summed E-state index contributed by atoms with van der Waals surface area (Å²) in [6.45, 7) is 0. The van der Waals surface area contributed by atoms with Crippen molar-refractivity contribution < 1.29 is 13.2 Å². The van der Waals surface area contributed by atoms with Crippen LogP contribution in [-0.4, -0.2) is 31.9 Å². The van der Waals surface area contributed by atoms with Crippen molar-refractivity contribution in [2.75, 3.05) is 17.2 Å². The Labute approximate surface area is 99.9 Å². The Balaban J connectivity index is 2.01. The summed E-state index contributed by atoms with van der Waals surface area (Å²) in [6, 6.07) is 6.24. The molecule has 0 aliphatic carbocycles. The summed E-state index contributed by atoms with van der Waals surface area (Å²) in [6.07, 6.45) is 0.489. The number of sulfone groups is 1. The Hall–Kier alpha value is -1.56. The summed E-state index contributed by atoms with van der Waals surface area (Å²) < 4.78 is 22.5. The van der Waals surface area contributed by atoms with Crippen molar-refractivity contribution in [1.29, 1.82) is 0 Å². The first-order valence-electron chi connectivity index (χ1n) is 5.33. The molecule has 1 amide bonds. The van der Waals surface area contributed by atoms with Gasteiger partial charge in [0.1, 0.15) is 0 Å². The predicted molar refractivity (Wildman–Crippen MR) is 65.4 cm³/mol. The molecule has 6 heteroatoms. The van der Waals surface area contributed by atoms with Gasteiger partial charge in [-0.2, -0.15) is 0 Å². The molecule has 1 aliphatic rings. The molecule has 0 saturated carbocycles. The van der Waals surface area contributed by atoms with E-state index >= 15 is 0 Å². The van der Waals surface area contributed by atoms with Gasteiger partial charge in [0, 0.05) is 17.3 Å². The fourth-order valence-corrected chi connectivity index (χ4v) is 3.49. The molecule has 0 spiro atoms. The Morgan fingerprint density at radius 1 is 1.29 bits per heavy atom. The molecule has 0 bridgehead atoms. The van der Waals surface area contributed by atoms with E-state index in [0.717, 1.165) is 0 Å². The summed E-state index contributed by atoms with van der Waals surface area (Å²) >= 11 is 0. The Bertz CT molecular complexity index is 522. The predicted octanol–water partition coefficient (Wildman–Crippen LogP) is 0.186. The monoisotopic (exact) mass is 254 g/mol. The van der Waals surface area contributed by atoms with Gasteiger partial charge >= 0.3 is 0 Å². The molecule has 2 rings (SSSR count). The first-order valence-corrected chi connectivity index (χ1v) is 7.15. The van der Waals surface area contributed by atoms with Crippen molar-refractivity contribution in [3.63, 3.8) is 0 Å². The van der Waals surface area contributed by atoms with Gasteiger partial charge in [0.05, 0.1) is 11.5 Å². The first-order chi connectivity index (χ1) is 7.96. The zero-order valence-electron chi connectivity index (χ0n) is 9.22. The minimum Gasteiger partial charge on any atom is -0.399 e. The number of nitrogens with two attached hydrogens (primary N) is 1. The second-order valence-corrected chi connectivity index (χ2v) is 6.42. The van der Waals surface area contributed by atoms with Gasteiger partial charge in [0.2, 0.25) is 0 Å². The molecular formula is C11H14N2O3S. The van der Waals surface area contributed by atoms with Crippen LogP contribution in [-0.2, 0) is 9.84 Å². The lowest BCUT2D eigenvalue weighted by molar-refractivity contribution is 0.0941. The van der Waals surface area contributed by atoms with E-state index in [1.807, 2.05) is 0 Å². The number of carbonyl (C=O) groups excluding carboxylic acids is 1. The van der Waals surface area contributed by atoms with E-state index in [-0.39, 0.29) is 23.5 Å². The number of carbonyl (C=O) groups is 1.